The summed E-state index contributed by atoms with van der Waals surface area (Å²) < 4.78 is 0. The molecule has 134 valence electrons. The van der Waals surface area contributed by atoms with Crippen molar-refractivity contribution in [3.05, 3.63) is 105 Å². The molecule has 0 aliphatic rings. The first kappa shape index (κ1) is 17.9. The molecule has 7 nitrogen and oxygen atoms in total. The Bertz CT molecular complexity index is 999. The molecule has 0 N–H and O–H groups in total. The molecule has 27 heavy (non-hydrogen) atoms. The van der Waals surface area contributed by atoms with Crippen molar-refractivity contribution in [2.75, 3.05) is 0 Å². The summed E-state index contributed by atoms with van der Waals surface area (Å²) >= 11 is 0. The highest BCUT2D eigenvalue weighted by atomic mass is 16.7. The Balaban J connectivity index is 1.93. The fraction of sp³-hybridized carbons (Fsp3) is 0.0500. The third-order valence-corrected chi connectivity index (χ3v) is 3.78. The van der Waals surface area contributed by atoms with E-state index >= 15 is 0 Å². The number of aromatic nitrogens is 1. The molecule has 3 aromatic rings. The first-order valence-electron chi connectivity index (χ1n) is 8.06. The molecule has 0 atom stereocenters. The van der Waals surface area contributed by atoms with Gasteiger partial charge in [-0.1, -0.05) is 22.9 Å². The first-order chi connectivity index (χ1) is 13.0. The summed E-state index contributed by atoms with van der Waals surface area (Å²) in [5.74, 6) is -0.591. The zero-order valence-electron chi connectivity index (χ0n) is 14.4. The van der Waals surface area contributed by atoms with Gasteiger partial charge in [-0.2, -0.15) is 0 Å². The van der Waals surface area contributed by atoms with Gasteiger partial charge in [0.2, 0.25) is 0 Å². The number of hydrogen-bond donors (Lipinski definition) is 0. The van der Waals surface area contributed by atoms with Gasteiger partial charge in [0.25, 0.3) is 5.69 Å². The molecule has 0 aliphatic carbocycles. The number of aryl methyl sites for hydroxylation is 1. The van der Waals surface area contributed by atoms with Gasteiger partial charge in [0.1, 0.15) is 5.71 Å². The van der Waals surface area contributed by atoms with Gasteiger partial charge in [-0.05, 0) is 43.3 Å². The van der Waals surface area contributed by atoms with Crippen molar-refractivity contribution in [2.24, 2.45) is 5.16 Å². The molecule has 0 saturated carbocycles. The van der Waals surface area contributed by atoms with Crippen molar-refractivity contribution in [2.45, 2.75) is 6.92 Å². The molecule has 0 fully saturated rings. The Morgan fingerprint density at radius 1 is 1.00 bits per heavy atom. The smallest absolute Gasteiger partial charge is 0.312 e. The molecule has 2 aromatic carbocycles. The van der Waals surface area contributed by atoms with E-state index in [1.165, 1.54) is 12.1 Å². The normalized spacial score (nSPS) is 11.1. The van der Waals surface area contributed by atoms with Gasteiger partial charge < -0.3 is 4.84 Å². The topological polar surface area (TPSA) is 94.7 Å². The van der Waals surface area contributed by atoms with Gasteiger partial charge in [-0.3, -0.25) is 15.1 Å². The highest BCUT2D eigenvalue weighted by Crippen LogP contribution is 2.16. The number of pyridine rings is 1. The zero-order valence-corrected chi connectivity index (χ0v) is 14.4. The lowest BCUT2D eigenvalue weighted by atomic mass is 10.0. The Morgan fingerprint density at radius 2 is 1.67 bits per heavy atom. The van der Waals surface area contributed by atoms with Crippen LogP contribution in [0.3, 0.4) is 0 Å². The van der Waals surface area contributed by atoms with Crippen LogP contribution < -0.4 is 0 Å². The number of nitro benzene ring substituents is 1. The van der Waals surface area contributed by atoms with E-state index in [0.717, 1.165) is 5.56 Å². The van der Waals surface area contributed by atoms with Crippen LogP contribution in [-0.4, -0.2) is 21.6 Å². The molecule has 3 rings (SSSR count). The summed E-state index contributed by atoms with van der Waals surface area (Å²) in [6.07, 6.45) is 3.16. The number of oxime groups is 1. The first-order valence-corrected chi connectivity index (χ1v) is 8.06. The van der Waals surface area contributed by atoms with E-state index in [1.54, 1.807) is 54.9 Å². The predicted octanol–water partition coefficient (Wildman–Crippen LogP) is 3.91. The summed E-state index contributed by atoms with van der Waals surface area (Å²) in [5, 5.41) is 14.9. The number of carbonyl (C=O) groups is 1. The zero-order chi connectivity index (χ0) is 19.2. The van der Waals surface area contributed by atoms with E-state index in [0.29, 0.717) is 22.4 Å². The van der Waals surface area contributed by atoms with E-state index < -0.39 is 10.9 Å². The number of rotatable bonds is 5. The van der Waals surface area contributed by atoms with Gasteiger partial charge in [-0.15, -0.1) is 0 Å². The lowest BCUT2D eigenvalue weighted by Gasteiger charge is -2.07. The second-order valence-corrected chi connectivity index (χ2v) is 5.73. The van der Waals surface area contributed by atoms with Crippen LogP contribution in [0.4, 0.5) is 5.69 Å². The summed E-state index contributed by atoms with van der Waals surface area (Å²) in [6, 6.07) is 16.2. The number of nitro groups is 1. The average Bonchev–Trinajstić information content (AvgIpc) is 2.69. The van der Waals surface area contributed by atoms with E-state index in [-0.39, 0.29) is 5.69 Å². The van der Waals surface area contributed by atoms with Gasteiger partial charge in [0, 0.05) is 35.7 Å². The minimum atomic E-state index is -0.591. The monoisotopic (exact) mass is 361 g/mol. The van der Waals surface area contributed by atoms with Gasteiger partial charge >= 0.3 is 5.97 Å². The van der Waals surface area contributed by atoms with E-state index in [9.17, 15) is 14.9 Å². The van der Waals surface area contributed by atoms with Crippen molar-refractivity contribution in [3.63, 3.8) is 0 Å². The van der Waals surface area contributed by atoms with Crippen LogP contribution in [-0.2, 0) is 4.84 Å². The molecule has 7 heteroatoms. The maximum absolute atomic E-state index is 12.3. The predicted molar refractivity (Wildman–Crippen MR) is 99.6 cm³/mol. The Kier molecular flexibility index (Phi) is 5.32. The minimum absolute atomic E-state index is 0.0374. The average molecular weight is 361 g/mol. The Hall–Kier alpha value is -3.87. The fourth-order valence-electron chi connectivity index (χ4n) is 2.43. The standard InChI is InChI=1S/C20H15N3O4/c1-14-3-2-4-17(13-14)20(24)27-22-19(16-9-11-21-12-10-16)15-5-7-18(8-6-15)23(25)26/h2-13H,1H3/b22-19-. The van der Waals surface area contributed by atoms with Gasteiger partial charge in [0.05, 0.1) is 10.5 Å². The molecule has 0 saturated heterocycles. The van der Waals surface area contributed by atoms with Crippen LogP contribution in [0.15, 0.2) is 78.2 Å². The van der Waals surface area contributed by atoms with Crippen molar-refractivity contribution < 1.29 is 14.6 Å². The molecule has 0 aliphatic heterocycles. The number of carbonyl (C=O) groups excluding carboxylic acids is 1. The number of benzene rings is 2. The third-order valence-electron chi connectivity index (χ3n) is 3.78. The molecule has 0 radical (unpaired) electrons. The highest BCUT2D eigenvalue weighted by Gasteiger charge is 2.13. The molecule has 1 heterocycles. The molecular formula is C20H15N3O4. The highest BCUT2D eigenvalue weighted by molar-refractivity contribution is 6.12. The molecular weight excluding hydrogens is 346 g/mol. The quantitative estimate of drug-likeness (QED) is 0.297. The summed E-state index contributed by atoms with van der Waals surface area (Å²) in [5.41, 5.74) is 2.88. The minimum Gasteiger partial charge on any atom is -0.312 e. The van der Waals surface area contributed by atoms with Crippen LogP contribution in [0.25, 0.3) is 0 Å². The van der Waals surface area contributed by atoms with Crippen LogP contribution >= 0.6 is 0 Å². The third kappa shape index (κ3) is 4.40. The van der Waals surface area contributed by atoms with Crippen molar-refractivity contribution in [1.82, 2.24) is 4.98 Å². The number of nitrogens with zero attached hydrogens (tertiary/aromatic N) is 3. The lowest BCUT2D eigenvalue weighted by molar-refractivity contribution is -0.384. The maximum Gasteiger partial charge on any atom is 0.365 e. The van der Waals surface area contributed by atoms with Crippen LogP contribution in [0.1, 0.15) is 27.0 Å². The largest absolute Gasteiger partial charge is 0.365 e. The molecule has 1 aromatic heterocycles. The molecule has 0 bridgehead atoms. The second-order valence-electron chi connectivity index (χ2n) is 5.73. The summed E-state index contributed by atoms with van der Waals surface area (Å²) in [6.45, 7) is 1.87. The SMILES string of the molecule is Cc1cccc(C(=O)O/N=C(\c2ccncc2)c2ccc([N+](=O)[O-])cc2)c1. The van der Waals surface area contributed by atoms with Crippen LogP contribution in [0.2, 0.25) is 0 Å². The van der Waals surface area contributed by atoms with Crippen molar-refractivity contribution >= 4 is 17.4 Å². The summed E-state index contributed by atoms with van der Waals surface area (Å²) in [7, 11) is 0. The van der Waals surface area contributed by atoms with E-state index in [2.05, 4.69) is 10.1 Å². The Morgan fingerprint density at radius 3 is 2.30 bits per heavy atom. The second kappa shape index (κ2) is 8.01. The number of hydrogen-bond acceptors (Lipinski definition) is 6. The van der Waals surface area contributed by atoms with Gasteiger partial charge in [0.15, 0.2) is 0 Å². The van der Waals surface area contributed by atoms with Crippen molar-refractivity contribution in [1.29, 1.82) is 0 Å². The molecule has 0 amide bonds. The maximum atomic E-state index is 12.3. The van der Waals surface area contributed by atoms with Crippen LogP contribution in [0.5, 0.6) is 0 Å². The van der Waals surface area contributed by atoms with Crippen molar-refractivity contribution in [3.8, 4) is 0 Å². The molecule has 0 unspecified atom stereocenters. The molecule has 0 spiro atoms. The van der Waals surface area contributed by atoms with Gasteiger partial charge in [-0.25, -0.2) is 4.79 Å². The van der Waals surface area contributed by atoms with E-state index in [4.69, 9.17) is 4.84 Å². The lowest BCUT2D eigenvalue weighted by Crippen LogP contribution is -2.08. The number of non-ortho nitro benzene ring substituents is 1. The fourth-order valence-corrected chi connectivity index (χ4v) is 2.43. The van der Waals surface area contributed by atoms with Crippen LogP contribution in [0, 0.1) is 17.0 Å². The summed E-state index contributed by atoms with van der Waals surface area (Å²) in [4.78, 5) is 31.7. The van der Waals surface area contributed by atoms with E-state index in [1.807, 2.05) is 13.0 Å². The Labute approximate surface area is 155 Å².